The molecular weight excluding hydrogens is 376 g/mol. The Morgan fingerprint density at radius 1 is 1.03 bits per heavy atom. The lowest BCUT2D eigenvalue weighted by Gasteiger charge is -2.35. The molecule has 30 heavy (non-hydrogen) atoms. The van der Waals surface area contributed by atoms with E-state index in [-0.39, 0.29) is 22.9 Å². The molecule has 5 nitrogen and oxygen atoms in total. The van der Waals surface area contributed by atoms with Gasteiger partial charge in [0, 0.05) is 16.6 Å². The van der Waals surface area contributed by atoms with E-state index in [1.54, 1.807) is 7.11 Å². The van der Waals surface area contributed by atoms with Crippen molar-refractivity contribution in [3.05, 3.63) is 47.0 Å². The quantitative estimate of drug-likeness (QED) is 0.573. The molecule has 1 unspecified atom stereocenters. The van der Waals surface area contributed by atoms with Gasteiger partial charge in [-0.15, -0.1) is 0 Å². The molecular formula is C25H36N2O3. The maximum absolute atomic E-state index is 11.4. The zero-order chi connectivity index (χ0) is 22.1. The third kappa shape index (κ3) is 4.84. The van der Waals surface area contributed by atoms with E-state index >= 15 is 0 Å². The van der Waals surface area contributed by atoms with Crippen molar-refractivity contribution in [2.24, 2.45) is 0 Å². The number of ether oxygens (including phenoxy) is 2. The Bertz CT molecular complexity index is 880. The van der Waals surface area contributed by atoms with Crippen molar-refractivity contribution < 1.29 is 14.6 Å². The molecule has 1 aliphatic rings. The minimum atomic E-state index is -0.266. The molecule has 0 radical (unpaired) electrons. The molecule has 0 saturated heterocycles. The maximum Gasteiger partial charge on any atom is 0.167 e. The van der Waals surface area contributed by atoms with Crippen LogP contribution in [0.3, 0.4) is 0 Å². The topological polar surface area (TPSA) is 62.8 Å². The number of aromatic hydroxyl groups is 1. The van der Waals surface area contributed by atoms with Crippen LogP contribution in [0.25, 0.3) is 0 Å². The van der Waals surface area contributed by atoms with Gasteiger partial charge in [0.25, 0.3) is 0 Å². The lowest BCUT2D eigenvalue weighted by Crippen LogP contribution is -2.39. The van der Waals surface area contributed by atoms with Gasteiger partial charge in [-0.25, -0.2) is 0 Å². The van der Waals surface area contributed by atoms with Crippen LogP contribution < -0.4 is 20.1 Å². The fraction of sp³-hybridized carbons (Fsp3) is 0.520. The average Bonchev–Trinajstić information content (AvgIpc) is 2.67. The molecule has 1 aliphatic heterocycles. The van der Waals surface area contributed by atoms with E-state index in [0.29, 0.717) is 23.7 Å². The van der Waals surface area contributed by atoms with E-state index in [4.69, 9.17) is 9.47 Å². The highest BCUT2D eigenvalue weighted by atomic mass is 16.5. The van der Waals surface area contributed by atoms with E-state index in [0.717, 1.165) is 29.7 Å². The number of fused-ring (bicyclic) bond motifs is 1. The Balaban J connectivity index is 2.31. The molecule has 164 valence electrons. The van der Waals surface area contributed by atoms with Crippen LogP contribution in [-0.2, 0) is 6.42 Å². The van der Waals surface area contributed by atoms with Crippen molar-refractivity contribution in [3.63, 3.8) is 0 Å². The highest BCUT2D eigenvalue weighted by Gasteiger charge is 2.34. The van der Waals surface area contributed by atoms with E-state index in [9.17, 15) is 5.11 Å². The molecule has 0 fully saturated rings. The number of rotatable bonds is 5. The summed E-state index contributed by atoms with van der Waals surface area (Å²) in [6.45, 7) is 13.3. The molecule has 0 spiro atoms. The molecule has 3 N–H and O–H groups in total. The van der Waals surface area contributed by atoms with Crippen LogP contribution in [0.1, 0.15) is 70.7 Å². The molecule has 2 aromatic rings. The monoisotopic (exact) mass is 412 g/mol. The van der Waals surface area contributed by atoms with Crippen molar-refractivity contribution in [2.45, 2.75) is 71.5 Å². The number of phenols is 1. The Labute approximate surface area is 180 Å². The molecule has 1 atom stereocenters. The molecule has 5 heteroatoms. The molecule has 0 aliphatic carbocycles. The van der Waals surface area contributed by atoms with Crippen LogP contribution in [0.15, 0.2) is 30.3 Å². The molecule has 1 heterocycles. The van der Waals surface area contributed by atoms with Crippen LogP contribution in [0.2, 0.25) is 0 Å². The Morgan fingerprint density at radius 3 is 2.27 bits per heavy atom. The second-order valence-corrected chi connectivity index (χ2v) is 10.0. The second kappa shape index (κ2) is 8.38. The normalized spacial score (nSPS) is 15.2. The van der Waals surface area contributed by atoms with Gasteiger partial charge in [-0.3, -0.25) is 0 Å². The summed E-state index contributed by atoms with van der Waals surface area (Å²) in [6.07, 6.45) is 1.75. The van der Waals surface area contributed by atoms with E-state index in [1.165, 1.54) is 0 Å². The van der Waals surface area contributed by atoms with E-state index < -0.39 is 0 Å². The smallest absolute Gasteiger partial charge is 0.167 e. The van der Waals surface area contributed by atoms with Crippen LogP contribution in [-0.4, -0.2) is 29.9 Å². The first kappa shape index (κ1) is 22.3. The third-order valence-electron chi connectivity index (χ3n) is 5.04. The van der Waals surface area contributed by atoms with Gasteiger partial charge in [0.05, 0.1) is 31.0 Å². The first-order valence-corrected chi connectivity index (χ1v) is 10.7. The van der Waals surface area contributed by atoms with Crippen molar-refractivity contribution in [3.8, 4) is 17.2 Å². The summed E-state index contributed by atoms with van der Waals surface area (Å²) in [5, 5.41) is 18.7. The molecule has 0 saturated carbocycles. The SMILES string of the molecule is COc1c(NC(C)(C)C)c2c(c(O)c1C(NC(C)(C)C)c1ccccc1)OCCC2. The minimum Gasteiger partial charge on any atom is -0.504 e. The van der Waals surface area contributed by atoms with Crippen molar-refractivity contribution in [1.29, 1.82) is 0 Å². The predicted octanol–water partition coefficient (Wildman–Crippen LogP) is 5.41. The fourth-order valence-corrected chi connectivity index (χ4v) is 3.96. The largest absolute Gasteiger partial charge is 0.504 e. The second-order valence-electron chi connectivity index (χ2n) is 10.0. The Morgan fingerprint density at radius 2 is 1.70 bits per heavy atom. The van der Waals surface area contributed by atoms with Crippen molar-refractivity contribution >= 4 is 5.69 Å². The predicted molar refractivity (Wildman–Crippen MR) is 123 cm³/mol. The van der Waals surface area contributed by atoms with Gasteiger partial charge >= 0.3 is 0 Å². The lowest BCUT2D eigenvalue weighted by atomic mass is 9.89. The summed E-state index contributed by atoms with van der Waals surface area (Å²) < 4.78 is 12.0. The molecule has 0 bridgehead atoms. The van der Waals surface area contributed by atoms with Crippen LogP contribution >= 0.6 is 0 Å². The summed E-state index contributed by atoms with van der Waals surface area (Å²) in [4.78, 5) is 0. The molecule has 0 aromatic heterocycles. The highest BCUT2D eigenvalue weighted by Crippen LogP contribution is 2.52. The van der Waals surface area contributed by atoms with Gasteiger partial charge in [-0.05, 0) is 59.9 Å². The van der Waals surface area contributed by atoms with E-state index in [1.807, 2.05) is 18.2 Å². The summed E-state index contributed by atoms with van der Waals surface area (Å²) in [5.74, 6) is 1.39. The Hall–Kier alpha value is -2.40. The zero-order valence-corrected chi connectivity index (χ0v) is 19.3. The van der Waals surface area contributed by atoms with Crippen LogP contribution in [0.4, 0.5) is 5.69 Å². The summed E-state index contributed by atoms with van der Waals surface area (Å²) in [5.41, 5.74) is 3.28. The van der Waals surface area contributed by atoms with Gasteiger partial charge in [0.1, 0.15) is 0 Å². The number of phenolic OH excluding ortho intramolecular Hbond substituents is 1. The van der Waals surface area contributed by atoms with Crippen molar-refractivity contribution in [1.82, 2.24) is 5.32 Å². The van der Waals surface area contributed by atoms with Crippen LogP contribution in [0, 0.1) is 0 Å². The fourth-order valence-electron chi connectivity index (χ4n) is 3.96. The minimum absolute atomic E-state index is 0.159. The van der Waals surface area contributed by atoms with Crippen LogP contribution in [0.5, 0.6) is 17.2 Å². The molecule has 0 amide bonds. The number of hydrogen-bond acceptors (Lipinski definition) is 5. The number of benzene rings is 2. The number of anilines is 1. The van der Waals surface area contributed by atoms with Gasteiger partial charge in [-0.2, -0.15) is 0 Å². The van der Waals surface area contributed by atoms with Crippen molar-refractivity contribution in [2.75, 3.05) is 19.0 Å². The number of hydrogen-bond donors (Lipinski definition) is 3. The first-order valence-electron chi connectivity index (χ1n) is 10.7. The first-order chi connectivity index (χ1) is 14.0. The maximum atomic E-state index is 11.4. The lowest BCUT2D eigenvalue weighted by molar-refractivity contribution is 0.267. The van der Waals surface area contributed by atoms with Gasteiger partial charge in [0.2, 0.25) is 0 Å². The standard InChI is InChI=1S/C25H36N2O3/c1-24(2,3)26-19(16-12-9-8-10-13-16)18-21(28)22-17(14-11-15-30-22)20(23(18)29-7)27-25(4,5)6/h8-10,12-13,19,26-28H,11,14-15H2,1-7H3. The zero-order valence-electron chi connectivity index (χ0n) is 19.3. The van der Waals surface area contributed by atoms with Gasteiger partial charge in [-0.1, -0.05) is 30.3 Å². The summed E-state index contributed by atoms with van der Waals surface area (Å²) >= 11 is 0. The summed E-state index contributed by atoms with van der Waals surface area (Å²) in [6, 6.07) is 9.90. The molecule has 3 rings (SSSR count). The highest BCUT2D eigenvalue weighted by molar-refractivity contribution is 5.77. The van der Waals surface area contributed by atoms with Gasteiger partial charge < -0.3 is 25.2 Å². The van der Waals surface area contributed by atoms with Gasteiger partial charge in [0.15, 0.2) is 17.2 Å². The third-order valence-corrected chi connectivity index (χ3v) is 5.04. The average molecular weight is 413 g/mol. The Kier molecular flexibility index (Phi) is 6.23. The van der Waals surface area contributed by atoms with E-state index in [2.05, 4.69) is 64.3 Å². The molecule has 2 aromatic carbocycles. The number of methoxy groups -OCH3 is 1. The number of nitrogens with one attached hydrogen (secondary N) is 2. The summed E-state index contributed by atoms with van der Waals surface area (Å²) in [7, 11) is 1.67.